The van der Waals surface area contributed by atoms with Crippen LogP contribution in [0.4, 0.5) is 26.3 Å². The van der Waals surface area contributed by atoms with Gasteiger partial charge in [-0.15, -0.1) is 0 Å². The molecule has 1 aliphatic rings. The lowest BCUT2D eigenvalue weighted by atomic mass is 9.86. The Bertz CT molecular complexity index is 1170. The quantitative estimate of drug-likeness (QED) is 0.409. The summed E-state index contributed by atoms with van der Waals surface area (Å²) in [5, 5.41) is 7.03. The molecule has 1 aromatic heterocycles. The summed E-state index contributed by atoms with van der Waals surface area (Å²) >= 11 is 11.7. The lowest BCUT2D eigenvalue weighted by Gasteiger charge is -2.29. The van der Waals surface area contributed by atoms with E-state index >= 15 is 0 Å². The van der Waals surface area contributed by atoms with Crippen LogP contribution in [0.25, 0.3) is 5.69 Å². The molecule has 2 heterocycles. The van der Waals surface area contributed by atoms with Crippen LogP contribution in [0.15, 0.2) is 54.2 Å². The van der Waals surface area contributed by atoms with Gasteiger partial charge in [-0.3, -0.25) is 0 Å². The van der Waals surface area contributed by atoms with Crippen LogP contribution in [0.3, 0.4) is 0 Å². The van der Waals surface area contributed by atoms with Crippen LogP contribution in [-0.4, -0.2) is 26.7 Å². The van der Waals surface area contributed by atoms with Crippen molar-refractivity contribution in [3.63, 3.8) is 0 Å². The molecule has 32 heavy (non-hydrogen) atoms. The van der Waals surface area contributed by atoms with E-state index in [1.165, 1.54) is 12.1 Å². The van der Waals surface area contributed by atoms with E-state index in [2.05, 4.69) is 15.2 Å². The SMILES string of the molecule is FC(F)(F)c1cc(C2=NOC(c3cc(Cl)cc(Cl)c3)(C(F)(F)F)C2)ccc1-n1cncn1. The predicted molar refractivity (Wildman–Crippen MR) is 103 cm³/mol. The highest BCUT2D eigenvalue weighted by Crippen LogP contribution is 2.50. The predicted octanol–water partition coefficient (Wildman–Crippen LogP) is 6.18. The van der Waals surface area contributed by atoms with Crippen LogP contribution >= 0.6 is 23.2 Å². The van der Waals surface area contributed by atoms with Crippen LogP contribution in [0.5, 0.6) is 0 Å². The first-order valence-electron chi connectivity index (χ1n) is 8.76. The van der Waals surface area contributed by atoms with Gasteiger partial charge in [0.05, 0.1) is 17.0 Å². The fourth-order valence-corrected chi connectivity index (χ4v) is 3.85. The molecular formula is C19H10Cl2F6N4O. The number of rotatable bonds is 3. The molecular weight excluding hydrogens is 485 g/mol. The highest BCUT2D eigenvalue weighted by Gasteiger charge is 2.62. The van der Waals surface area contributed by atoms with E-state index < -0.39 is 35.5 Å². The summed E-state index contributed by atoms with van der Waals surface area (Å²) in [7, 11) is 0. The molecule has 5 nitrogen and oxygen atoms in total. The van der Waals surface area contributed by atoms with E-state index in [9.17, 15) is 26.3 Å². The first-order chi connectivity index (χ1) is 14.9. The first-order valence-corrected chi connectivity index (χ1v) is 9.51. The summed E-state index contributed by atoms with van der Waals surface area (Å²) in [6.45, 7) is 0. The van der Waals surface area contributed by atoms with E-state index in [0.717, 1.165) is 35.5 Å². The van der Waals surface area contributed by atoms with Gasteiger partial charge in [0.1, 0.15) is 12.7 Å². The fraction of sp³-hybridized carbons (Fsp3) is 0.211. The average Bonchev–Trinajstić information content (AvgIpc) is 3.36. The van der Waals surface area contributed by atoms with Gasteiger partial charge in [0.15, 0.2) is 0 Å². The Morgan fingerprint density at radius 1 is 0.969 bits per heavy atom. The molecule has 1 unspecified atom stereocenters. The van der Waals surface area contributed by atoms with Gasteiger partial charge >= 0.3 is 12.4 Å². The Morgan fingerprint density at radius 3 is 2.22 bits per heavy atom. The molecule has 0 spiro atoms. The van der Waals surface area contributed by atoms with E-state index in [-0.39, 0.29) is 27.0 Å². The van der Waals surface area contributed by atoms with Gasteiger partial charge in [0.25, 0.3) is 5.60 Å². The highest BCUT2D eigenvalue weighted by molar-refractivity contribution is 6.34. The molecule has 0 saturated carbocycles. The molecule has 0 amide bonds. The van der Waals surface area contributed by atoms with Gasteiger partial charge in [0.2, 0.25) is 0 Å². The minimum atomic E-state index is -4.97. The summed E-state index contributed by atoms with van der Waals surface area (Å²) < 4.78 is 84.1. The summed E-state index contributed by atoms with van der Waals surface area (Å²) in [4.78, 5) is 8.44. The van der Waals surface area contributed by atoms with Crippen molar-refractivity contribution in [2.75, 3.05) is 0 Å². The zero-order chi connectivity index (χ0) is 23.3. The molecule has 0 saturated heterocycles. The number of nitrogens with zero attached hydrogens (tertiary/aromatic N) is 4. The summed E-state index contributed by atoms with van der Waals surface area (Å²) in [5.41, 5.74) is -5.37. The molecule has 2 aromatic carbocycles. The van der Waals surface area contributed by atoms with Crippen LogP contribution in [-0.2, 0) is 16.6 Å². The lowest BCUT2D eigenvalue weighted by Crippen LogP contribution is -2.42. The van der Waals surface area contributed by atoms with Gasteiger partial charge in [-0.1, -0.05) is 34.4 Å². The van der Waals surface area contributed by atoms with Gasteiger partial charge in [-0.05, 0) is 30.3 Å². The number of oxime groups is 1. The molecule has 1 aliphatic heterocycles. The Hall–Kier alpha value is -2.79. The fourth-order valence-electron chi connectivity index (χ4n) is 3.32. The van der Waals surface area contributed by atoms with Crippen molar-refractivity contribution in [2.45, 2.75) is 24.4 Å². The molecule has 0 aliphatic carbocycles. The van der Waals surface area contributed by atoms with Crippen molar-refractivity contribution in [1.82, 2.24) is 14.8 Å². The summed E-state index contributed by atoms with van der Waals surface area (Å²) in [6.07, 6.45) is -8.55. The smallest absolute Gasteiger partial charge is 0.374 e. The number of aromatic nitrogens is 3. The minimum Gasteiger partial charge on any atom is -0.374 e. The van der Waals surface area contributed by atoms with Crippen LogP contribution in [0, 0.1) is 0 Å². The molecule has 0 bridgehead atoms. The van der Waals surface area contributed by atoms with Gasteiger partial charge in [0, 0.05) is 27.6 Å². The molecule has 168 valence electrons. The molecule has 0 radical (unpaired) electrons. The largest absolute Gasteiger partial charge is 0.435 e. The van der Waals surface area contributed by atoms with E-state index in [1.807, 2.05) is 0 Å². The van der Waals surface area contributed by atoms with E-state index in [1.54, 1.807) is 0 Å². The second-order valence-corrected chi connectivity index (χ2v) is 7.73. The molecule has 1 atom stereocenters. The van der Waals surface area contributed by atoms with Crippen molar-refractivity contribution in [1.29, 1.82) is 0 Å². The monoisotopic (exact) mass is 494 g/mol. The van der Waals surface area contributed by atoms with Crippen molar-refractivity contribution in [2.24, 2.45) is 5.16 Å². The number of benzene rings is 2. The molecule has 0 N–H and O–H groups in total. The van der Waals surface area contributed by atoms with Crippen molar-refractivity contribution < 1.29 is 31.2 Å². The minimum absolute atomic E-state index is 0.0651. The summed E-state index contributed by atoms with van der Waals surface area (Å²) in [5.74, 6) is 0. The van der Waals surface area contributed by atoms with E-state index in [4.69, 9.17) is 28.0 Å². The number of hydrogen-bond acceptors (Lipinski definition) is 4. The topological polar surface area (TPSA) is 52.3 Å². The highest BCUT2D eigenvalue weighted by atomic mass is 35.5. The van der Waals surface area contributed by atoms with Gasteiger partial charge in [-0.2, -0.15) is 31.4 Å². The van der Waals surface area contributed by atoms with Gasteiger partial charge in [-0.25, -0.2) is 9.67 Å². The zero-order valence-corrected chi connectivity index (χ0v) is 17.1. The van der Waals surface area contributed by atoms with Crippen LogP contribution < -0.4 is 0 Å². The normalized spacial score (nSPS) is 19.1. The molecule has 13 heteroatoms. The number of hydrogen-bond donors (Lipinski definition) is 0. The average molecular weight is 495 g/mol. The van der Waals surface area contributed by atoms with E-state index in [0.29, 0.717) is 6.07 Å². The Labute approximate surface area is 186 Å². The first kappa shape index (κ1) is 22.4. The molecule has 3 aromatic rings. The second-order valence-electron chi connectivity index (χ2n) is 6.86. The van der Waals surface area contributed by atoms with Crippen LogP contribution in [0.2, 0.25) is 10.0 Å². The van der Waals surface area contributed by atoms with Crippen molar-refractivity contribution >= 4 is 28.9 Å². The molecule has 4 rings (SSSR count). The Kier molecular flexibility index (Phi) is 5.36. The zero-order valence-electron chi connectivity index (χ0n) is 15.5. The standard InChI is InChI=1S/C19H10Cl2F6N4O/c20-12-4-11(5-13(21)6-12)17(19(25,26)27)7-15(30-32-17)10-1-2-16(31-9-28-8-29-31)14(3-10)18(22,23)24/h1-6,8-9H,7H2. The third-order valence-corrected chi connectivity index (χ3v) is 5.25. The second kappa shape index (κ2) is 7.66. The van der Waals surface area contributed by atoms with Crippen molar-refractivity contribution in [3.05, 3.63) is 75.8 Å². The molecule has 0 fully saturated rings. The third kappa shape index (κ3) is 3.90. The Morgan fingerprint density at radius 2 is 1.66 bits per heavy atom. The van der Waals surface area contributed by atoms with Gasteiger partial charge < -0.3 is 4.84 Å². The summed E-state index contributed by atoms with van der Waals surface area (Å²) in [6, 6.07) is 6.25. The Balaban J connectivity index is 1.77. The maximum absolute atomic E-state index is 14.1. The number of halogens is 8. The number of alkyl halides is 6. The van der Waals surface area contributed by atoms with Crippen LogP contribution in [0.1, 0.15) is 23.1 Å². The maximum Gasteiger partial charge on any atom is 0.435 e. The maximum atomic E-state index is 14.1. The third-order valence-electron chi connectivity index (χ3n) is 4.82. The lowest BCUT2D eigenvalue weighted by molar-refractivity contribution is -0.275. The van der Waals surface area contributed by atoms with Crippen molar-refractivity contribution in [3.8, 4) is 5.69 Å².